The third-order valence-corrected chi connectivity index (χ3v) is 3.72. The number of ketones is 1. The summed E-state index contributed by atoms with van der Waals surface area (Å²) in [6.07, 6.45) is 7.88. The molecule has 0 saturated heterocycles. The monoisotopic (exact) mass is 229 g/mol. The minimum absolute atomic E-state index is 0.00593. The highest BCUT2D eigenvalue weighted by Gasteiger charge is 2.37. The largest absolute Gasteiger partial charge is 0.496 e. The number of allylic oxidation sites excluding steroid dienone is 5. The zero-order valence-electron chi connectivity index (χ0n) is 10.1. The van der Waals surface area contributed by atoms with Crippen LogP contribution in [0.15, 0.2) is 39.6 Å². The molecule has 0 spiro atoms. The predicted molar refractivity (Wildman–Crippen MR) is 65.9 cm³/mol. The van der Waals surface area contributed by atoms with Crippen molar-refractivity contribution in [1.82, 2.24) is 0 Å². The first-order valence-electron chi connectivity index (χ1n) is 6.00. The van der Waals surface area contributed by atoms with Crippen molar-refractivity contribution in [3.63, 3.8) is 0 Å². The summed E-state index contributed by atoms with van der Waals surface area (Å²) in [4.78, 5) is 16.6. The van der Waals surface area contributed by atoms with Crippen molar-refractivity contribution in [3.05, 3.63) is 34.6 Å². The summed E-state index contributed by atoms with van der Waals surface area (Å²) >= 11 is 0. The van der Waals surface area contributed by atoms with E-state index in [2.05, 4.69) is 11.1 Å². The van der Waals surface area contributed by atoms with Gasteiger partial charge in [-0.15, -0.1) is 0 Å². The quantitative estimate of drug-likeness (QED) is 0.691. The van der Waals surface area contributed by atoms with Crippen molar-refractivity contribution in [2.45, 2.75) is 25.8 Å². The number of aliphatic imine (C=N–C) groups is 1. The Morgan fingerprint density at radius 1 is 1.47 bits per heavy atom. The molecule has 1 aliphatic heterocycles. The molecule has 3 rings (SSSR count). The number of ether oxygens (including phenoxy) is 1. The molecule has 1 heterocycles. The van der Waals surface area contributed by atoms with Crippen LogP contribution in [0.5, 0.6) is 0 Å². The fourth-order valence-corrected chi connectivity index (χ4v) is 2.83. The fourth-order valence-electron chi connectivity index (χ4n) is 2.83. The summed E-state index contributed by atoms with van der Waals surface area (Å²) in [6.45, 7) is 1.87. The molecule has 0 aromatic carbocycles. The van der Waals surface area contributed by atoms with Gasteiger partial charge in [-0.2, -0.15) is 0 Å². The van der Waals surface area contributed by atoms with Gasteiger partial charge in [0.15, 0.2) is 5.78 Å². The Labute approximate surface area is 101 Å². The lowest BCUT2D eigenvalue weighted by molar-refractivity contribution is -0.122. The van der Waals surface area contributed by atoms with Crippen molar-refractivity contribution < 1.29 is 9.53 Å². The van der Waals surface area contributed by atoms with Gasteiger partial charge in [0.05, 0.1) is 7.11 Å². The Morgan fingerprint density at radius 3 is 3.06 bits per heavy atom. The van der Waals surface area contributed by atoms with Gasteiger partial charge in [-0.25, -0.2) is 0 Å². The second-order valence-corrected chi connectivity index (χ2v) is 4.69. The van der Waals surface area contributed by atoms with E-state index in [0.29, 0.717) is 0 Å². The molecule has 0 aromatic rings. The number of nitrogens with zero attached hydrogens (tertiary/aromatic N) is 1. The van der Waals surface area contributed by atoms with Crippen LogP contribution in [0.4, 0.5) is 0 Å². The Balaban J connectivity index is 2.18. The SMILES string of the molecule is COC1=CC2=CCCC3C(=O)C(C)N=CC1=C23. The first kappa shape index (κ1) is 10.5. The van der Waals surface area contributed by atoms with E-state index < -0.39 is 0 Å². The number of carbonyl (C=O) groups is 1. The van der Waals surface area contributed by atoms with Crippen LogP contribution >= 0.6 is 0 Å². The molecule has 0 fully saturated rings. The molecule has 3 heteroatoms. The number of hydrogen-bond acceptors (Lipinski definition) is 3. The van der Waals surface area contributed by atoms with Gasteiger partial charge < -0.3 is 4.74 Å². The summed E-state index contributed by atoms with van der Waals surface area (Å²) in [5.74, 6) is 1.08. The average molecular weight is 229 g/mol. The topological polar surface area (TPSA) is 38.7 Å². The normalized spacial score (nSPS) is 30.8. The summed E-state index contributed by atoms with van der Waals surface area (Å²) in [6, 6.07) is -0.233. The molecule has 0 N–H and O–H groups in total. The fraction of sp³-hybridized carbons (Fsp3) is 0.429. The Morgan fingerprint density at radius 2 is 2.29 bits per heavy atom. The van der Waals surface area contributed by atoms with Gasteiger partial charge in [-0.05, 0) is 37.0 Å². The van der Waals surface area contributed by atoms with Crippen molar-refractivity contribution in [3.8, 4) is 0 Å². The first-order valence-corrected chi connectivity index (χ1v) is 6.00. The third kappa shape index (κ3) is 1.42. The Bertz CT molecular complexity index is 508. The van der Waals surface area contributed by atoms with Crippen molar-refractivity contribution >= 4 is 12.0 Å². The lowest BCUT2D eigenvalue weighted by Crippen LogP contribution is -2.26. The molecular formula is C14H15NO2. The number of Topliss-reactive ketones (excluding diaryl/α,β-unsaturated/α-hetero) is 1. The van der Waals surface area contributed by atoms with E-state index in [4.69, 9.17) is 4.74 Å². The van der Waals surface area contributed by atoms with Crippen molar-refractivity contribution in [2.24, 2.45) is 10.9 Å². The minimum Gasteiger partial charge on any atom is -0.496 e. The molecule has 2 atom stereocenters. The zero-order chi connectivity index (χ0) is 12.0. The lowest BCUT2D eigenvalue weighted by Gasteiger charge is -2.22. The van der Waals surface area contributed by atoms with Crippen LogP contribution in [0.25, 0.3) is 0 Å². The van der Waals surface area contributed by atoms with Gasteiger partial charge in [0, 0.05) is 17.7 Å². The molecule has 3 nitrogen and oxygen atoms in total. The molecular weight excluding hydrogens is 214 g/mol. The predicted octanol–water partition coefficient (Wildman–Crippen LogP) is 2.21. The van der Waals surface area contributed by atoms with Crippen molar-refractivity contribution in [2.75, 3.05) is 7.11 Å². The average Bonchev–Trinajstić information content (AvgIpc) is 2.66. The van der Waals surface area contributed by atoms with Crippen LogP contribution in [0.3, 0.4) is 0 Å². The summed E-state index contributed by atoms with van der Waals surface area (Å²) < 4.78 is 5.37. The lowest BCUT2D eigenvalue weighted by atomic mass is 9.80. The molecule has 0 bridgehead atoms. The molecule has 2 unspecified atom stereocenters. The van der Waals surface area contributed by atoms with Crippen LogP contribution in [0.1, 0.15) is 19.8 Å². The van der Waals surface area contributed by atoms with Crippen LogP contribution < -0.4 is 0 Å². The Hall–Kier alpha value is -1.64. The summed E-state index contributed by atoms with van der Waals surface area (Å²) in [7, 11) is 1.66. The maximum Gasteiger partial charge on any atom is 0.164 e. The molecule has 88 valence electrons. The minimum atomic E-state index is -0.233. The second kappa shape index (κ2) is 3.69. The number of carbonyl (C=O) groups excluding carboxylic acids is 1. The third-order valence-electron chi connectivity index (χ3n) is 3.72. The van der Waals surface area contributed by atoms with E-state index in [9.17, 15) is 4.79 Å². The van der Waals surface area contributed by atoms with Gasteiger partial charge >= 0.3 is 0 Å². The highest BCUT2D eigenvalue weighted by Crippen LogP contribution is 2.42. The van der Waals surface area contributed by atoms with Gasteiger partial charge in [-0.3, -0.25) is 9.79 Å². The molecule has 3 aliphatic rings. The maximum absolute atomic E-state index is 12.3. The van der Waals surface area contributed by atoms with E-state index in [1.807, 2.05) is 13.0 Å². The van der Waals surface area contributed by atoms with Crippen LogP contribution in [0, 0.1) is 5.92 Å². The first-order chi connectivity index (χ1) is 8.22. The molecule has 17 heavy (non-hydrogen) atoms. The van der Waals surface area contributed by atoms with Gasteiger partial charge in [-0.1, -0.05) is 6.08 Å². The molecule has 0 amide bonds. The molecule has 0 saturated carbocycles. The molecule has 2 aliphatic carbocycles. The van der Waals surface area contributed by atoms with E-state index >= 15 is 0 Å². The Kier molecular flexibility index (Phi) is 2.28. The van der Waals surface area contributed by atoms with Gasteiger partial charge in [0.1, 0.15) is 11.8 Å². The number of hydrogen-bond donors (Lipinski definition) is 0. The maximum atomic E-state index is 12.3. The van der Waals surface area contributed by atoms with E-state index in [-0.39, 0.29) is 17.7 Å². The van der Waals surface area contributed by atoms with E-state index in [1.165, 1.54) is 0 Å². The number of methoxy groups -OCH3 is 1. The summed E-state index contributed by atoms with van der Waals surface area (Å²) in [5, 5.41) is 0. The second-order valence-electron chi connectivity index (χ2n) is 4.69. The van der Waals surface area contributed by atoms with Gasteiger partial charge in [0.25, 0.3) is 0 Å². The van der Waals surface area contributed by atoms with E-state index in [1.54, 1.807) is 13.3 Å². The molecule has 0 radical (unpaired) electrons. The van der Waals surface area contributed by atoms with Crippen LogP contribution in [0.2, 0.25) is 0 Å². The van der Waals surface area contributed by atoms with Gasteiger partial charge in [0.2, 0.25) is 0 Å². The molecule has 0 aromatic heterocycles. The van der Waals surface area contributed by atoms with E-state index in [0.717, 1.165) is 35.3 Å². The summed E-state index contributed by atoms with van der Waals surface area (Å²) in [5.41, 5.74) is 3.29. The highest BCUT2D eigenvalue weighted by atomic mass is 16.5. The smallest absolute Gasteiger partial charge is 0.164 e. The van der Waals surface area contributed by atoms with Crippen LogP contribution in [-0.2, 0) is 9.53 Å². The highest BCUT2D eigenvalue weighted by molar-refractivity contribution is 6.00. The van der Waals surface area contributed by atoms with Crippen molar-refractivity contribution in [1.29, 1.82) is 0 Å². The van der Waals surface area contributed by atoms with Crippen LogP contribution in [-0.4, -0.2) is 25.1 Å². The standard InChI is InChI=1S/C14H15NO2/c1-8-14(16)10-5-3-4-9-6-12(17-2)11(7-15-8)13(9)10/h4,6-8,10H,3,5H2,1-2H3. The number of rotatable bonds is 1. The zero-order valence-corrected chi connectivity index (χ0v) is 10.1.